The lowest BCUT2D eigenvalue weighted by Crippen LogP contribution is -2.38. The lowest BCUT2D eigenvalue weighted by molar-refractivity contribution is -0.127. The molecule has 0 atom stereocenters. The zero-order valence-electron chi connectivity index (χ0n) is 7.29. The topological polar surface area (TPSA) is 40.5 Å². The van der Waals surface area contributed by atoms with Gasteiger partial charge in [0.05, 0.1) is 5.60 Å². The Hall–Kier alpha value is -0.830. The predicted molar refractivity (Wildman–Crippen MR) is 44.1 cm³/mol. The van der Waals surface area contributed by atoms with Crippen molar-refractivity contribution in [1.29, 1.82) is 0 Å². The summed E-state index contributed by atoms with van der Waals surface area (Å²) in [5, 5.41) is 9.30. The van der Waals surface area contributed by atoms with Crippen LogP contribution in [0.3, 0.4) is 0 Å². The Morgan fingerprint density at radius 1 is 1.73 bits per heavy atom. The summed E-state index contributed by atoms with van der Waals surface area (Å²) in [6.45, 7) is 6.96. The zero-order valence-corrected chi connectivity index (χ0v) is 7.29. The molecule has 0 aliphatic rings. The van der Waals surface area contributed by atoms with Gasteiger partial charge in [-0.2, -0.15) is 0 Å². The van der Waals surface area contributed by atoms with Gasteiger partial charge in [0.1, 0.15) is 0 Å². The van der Waals surface area contributed by atoms with Gasteiger partial charge in [-0.1, -0.05) is 6.58 Å². The molecule has 0 rings (SSSR count). The Labute approximate surface area is 67.3 Å². The minimum atomic E-state index is -0.840. The van der Waals surface area contributed by atoms with Gasteiger partial charge in [-0.15, -0.1) is 0 Å². The van der Waals surface area contributed by atoms with E-state index in [1.165, 1.54) is 11.0 Å². The zero-order chi connectivity index (χ0) is 9.07. The van der Waals surface area contributed by atoms with Gasteiger partial charge in [0.2, 0.25) is 5.91 Å². The summed E-state index contributed by atoms with van der Waals surface area (Å²) < 4.78 is 0. The van der Waals surface area contributed by atoms with Crippen LogP contribution in [-0.2, 0) is 4.79 Å². The molecule has 3 heteroatoms. The van der Waals surface area contributed by atoms with Crippen molar-refractivity contribution in [3.8, 4) is 0 Å². The van der Waals surface area contributed by atoms with Crippen molar-refractivity contribution in [2.24, 2.45) is 0 Å². The van der Waals surface area contributed by atoms with E-state index in [1.54, 1.807) is 20.9 Å². The summed E-state index contributed by atoms with van der Waals surface area (Å²) in [5.74, 6) is -0.174. The highest BCUT2D eigenvalue weighted by atomic mass is 16.3. The number of likely N-dealkylation sites (N-methyl/N-ethyl adjacent to an activating group) is 1. The molecule has 0 radical (unpaired) electrons. The van der Waals surface area contributed by atoms with Gasteiger partial charge in [0.15, 0.2) is 0 Å². The first-order valence-corrected chi connectivity index (χ1v) is 3.47. The molecule has 0 fully saturated rings. The van der Waals surface area contributed by atoms with E-state index < -0.39 is 5.60 Å². The quantitative estimate of drug-likeness (QED) is 0.602. The molecule has 0 spiro atoms. The van der Waals surface area contributed by atoms with Crippen molar-refractivity contribution in [3.05, 3.63) is 12.7 Å². The van der Waals surface area contributed by atoms with E-state index in [-0.39, 0.29) is 5.91 Å². The number of nitrogens with zero attached hydrogens (tertiary/aromatic N) is 1. The summed E-state index contributed by atoms with van der Waals surface area (Å²) in [4.78, 5) is 12.3. The van der Waals surface area contributed by atoms with E-state index in [2.05, 4.69) is 6.58 Å². The molecule has 0 saturated heterocycles. The molecule has 0 aliphatic carbocycles. The average molecular weight is 157 g/mol. The van der Waals surface area contributed by atoms with E-state index in [4.69, 9.17) is 0 Å². The second-order valence-electron chi connectivity index (χ2n) is 3.21. The molecule has 64 valence electrons. The Morgan fingerprint density at radius 3 is 2.45 bits per heavy atom. The van der Waals surface area contributed by atoms with Crippen LogP contribution in [0.1, 0.15) is 13.8 Å². The maximum absolute atomic E-state index is 10.9. The highest BCUT2D eigenvalue weighted by Crippen LogP contribution is 2.02. The van der Waals surface area contributed by atoms with Crippen LogP contribution in [0.15, 0.2) is 12.7 Å². The third-order valence-corrected chi connectivity index (χ3v) is 1.17. The molecule has 1 amide bonds. The van der Waals surface area contributed by atoms with Crippen LogP contribution in [0.25, 0.3) is 0 Å². The summed E-state index contributed by atoms with van der Waals surface area (Å²) in [7, 11) is 1.63. The van der Waals surface area contributed by atoms with Crippen LogP contribution in [0.4, 0.5) is 0 Å². The highest BCUT2D eigenvalue weighted by molar-refractivity contribution is 5.86. The fourth-order valence-corrected chi connectivity index (χ4v) is 0.814. The van der Waals surface area contributed by atoms with Crippen LogP contribution in [0, 0.1) is 0 Å². The van der Waals surface area contributed by atoms with Crippen molar-refractivity contribution >= 4 is 5.91 Å². The monoisotopic (exact) mass is 157 g/mol. The van der Waals surface area contributed by atoms with Crippen molar-refractivity contribution in [2.75, 3.05) is 13.6 Å². The maximum Gasteiger partial charge on any atom is 0.245 e. The SMILES string of the molecule is C=CC(=O)N(C)CC(C)(C)O. The molecule has 0 aromatic carbocycles. The van der Waals surface area contributed by atoms with Crippen LogP contribution >= 0.6 is 0 Å². The number of hydrogen-bond acceptors (Lipinski definition) is 2. The number of aliphatic hydroxyl groups is 1. The molecule has 0 bridgehead atoms. The Kier molecular flexibility index (Phi) is 3.26. The van der Waals surface area contributed by atoms with Gasteiger partial charge in [-0.3, -0.25) is 4.79 Å². The van der Waals surface area contributed by atoms with Crippen LogP contribution in [-0.4, -0.2) is 35.1 Å². The van der Waals surface area contributed by atoms with Crippen molar-refractivity contribution in [1.82, 2.24) is 4.90 Å². The normalized spacial score (nSPS) is 10.9. The summed E-state index contributed by atoms with van der Waals surface area (Å²) in [6, 6.07) is 0. The Bertz CT molecular complexity index is 158. The summed E-state index contributed by atoms with van der Waals surface area (Å²) in [5.41, 5.74) is -0.840. The molecule has 0 aromatic heterocycles. The van der Waals surface area contributed by atoms with Crippen molar-refractivity contribution in [3.63, 3.8) is 0 Å². The lowest BCUT2D eigenvalue weighted by atomic mass is 10.1. The first kappa shape index (κ1) is 10.2. The smallest absolute Gasteiger partial charge is 0.245 e. The van der Waals surface area contributed by atoms with Crippen molar-refractivity contribution in [2.45, 2.75) is 19.4 Å². The van der Waals surface area contributed by atoms with Crippen LogP contribution < -0.4 is 0 Å². The second kappa shape index (κ2) is 3.53. The third-order valence-electron chi connectivity index (χ3n) is 1.17. The molecule has 0 unspecified atom stereocenters. The average Bonchev–Trinajstić information content (AvgIpc) is 1.82. The van der Waals surface area contributed by atoms with Gasteiger partial charge in [-0.05, 0) is 19.9 Å². The Morgan fingerprint density at radius 2 is 2.18 bits per heavy atom. The molecule has 3 nitrogen and oxygen atoms in total. The molecular formula is C8H15NO2. The molecule has 0 heterocycles. The number of carbonyl (C=O) groups excluding carboxylic acids is 1. The van der Waals surface area contributed by atoms with E-state index in [0.29, 0.717) is 6.54 Å². The van der Waals surface area contributed by atoms with E-state index in [9.17, 15) is 9.90 Å². The number of hydrogen-bond donors (Lipinski definition) is 1. The predicted octanol–water partition coefficient (Wildman–Crippen LogP) is 0.402. The number of rotatable bonds is 3. The van der Waals surface area contributed by atoms with Crippen molar-refractivity contribution < 1.29 is 9.90 Å². The molecule has 0 aliphatic heterocycles. The molecule has 11 heavy (non-hydrogen) atoms. The molecule has 1 N–H and O–H groups in total. The van der Waals surface area contributed by atoms with Gasteiger partial charge >= 0.3 is 0 Å². The summed E-state index contributed by atoms with van der Waals surface area (Å²) >= 11 is 0. The molecule has 0 aromatic rings. The standard InChI is InChI=1S/C8H15NO2/c1-5-7(10)9(4)6-8(2,3)11/h5,11H,1,6H2,2-4H3. The molecular weight excluding hydrogens is 142 g/mol. The lowest BCUT2D eigenvalue weighted by Gasteiger charge is -2.24. The first-order chi connectivity index (χ1) is 4.87. The number of amides is 1. The van der Waals surface area contributed by atoms with E-state index >= 15 is 0 Å². The second-order valence-corrected chi connectivity index (χ2v) is 3.21. The highest BCUT2D eigenvalue weighted by Gasteiger charge is 2.17. The third kappa shape index (κ3) is 4.56. The van der Waals surface area contributed by atoms with Gasteiger partial charge in [-0.25, -0.2) is 0 Å². The van der Waals surface area contributed by atoms with Crippen LogP contribution in [0.2, 0.25) is 0 Å². The van der Waals surface area contributed by atoms with E-state index in [1.807, 2.05) is 0 Å². The number of carbonyl (C=O) groups is 1. The fraction of sp³-hybridized carbons (Fsp3) is 0.625. The first-order valence-electron chi connectivity index (χ1n) is 3.47. The summed E-state index contributed by atoms with van der Waals surface area (Å²) in [6.07, 6.45) is 1.23. The molecule has 0 saturated carbocycles. The fourth-order valence-electron chi connectivity index (χ4n) is 0.814. The van der Waals surface area contributed by atoms with Gasteiger partial charge in [0.25, 0.3) is 0 Å². The van der Waals surface area contributed by atoms with Gasteiger partial charge < -0.3 is 10.0 Å². The van der Waals surface area contributed by atoms with Crippen LogP contribution in [0.5, 0.6) is 0 Å². The maximum atomic E-state index is 10.9. The minimum Gasteiger partial charge on any atom is -0.389 e. The minimum absolute atomic E-state index is 0.174. The Balaban J connectivity index is 3.97. The largest absolute Gasteiger partial charge is 0.389 e. The van der Waals surface area contributed by atoms with E-state index in [0.717, 1.165) is 0 Å². The van der Waals surface area contributed by atoms with Gasteiger partial charge in [0, 0.05) is 13.6 Å².